The van der Waals surface area contributed by atoms with Crippen LogP contribution in [0.15, 0.2) is 162 Å². The van der Waals surface area contributed by atoms with Crippen molar-refractivity contribution in [2.45, 2.75) is 12.5 Å². The van der Waals surface area contributed by atoms with E-state index in [0.29, 0.717) is 0 Å². The van der Waals surface area contributed by atoms with E-state index in [1.54, 1.807) is 0 Å². The van der Waals surface area contributed by atoms with Crippen LogP contribution in [0.1, 0.15) is 10.4 Å². The Balaban J connectivity index is 1.02. The van der Waals surface area contributed by atoms with Gasteiger partial charge < -0.3 is 13.7 Å². The first kappa shape index (κ1) is 28.3. The van der Waals surface area contributed by atoms with Crippen molar-refractivity contribution in [3.05, 3.63) is 168 Å². The van der Waals surface area contributed by atoms with Crippen LogP contribution < -0.4 is 4.90 Å². The molecule has 0 saturated heterocycles. The molecule has 4 heteroatoms. The standard InChI is InChI=1S/C48H30N2OS/c1-5-13-42-34(9-1)40-25-30(26-41-35-10-2-6-14-43(35)50(42)48(40)41)29-17-19-31(20-18-29)49(32-21-23-45-38(27-32)36-11-3-7-15-44(36)51-45)33-22-24-47-39(28-33)37-12-4-8-16-46(37)52-47/h1-27,33H,28H2. The molecule has 1 aliphatic rings. The third-order valence-corrected chi connectivity index (χ3v) is 12.4. The van der Waals surface area contributed by atoms with Crippen LogP contribution in [0.3, 0.4) is 0 Å². The molecule has 4 heterocycles. The normalized spacial score (nSPS) is 14.6. The fraction of sp³-hybridized carbons (Fsp3) is 0.0417. The second-order valence-electron chi connectivity index (χ2n) is 14.1. The van der Waals surface area contributed by atoms with Gasteiger partial charge in [-0.05, 0) is 101 Å². The van der Waals surface area contributed by atoms with Gasteiger partial charge in [-0.3, -0.25) is 0 Å². The number of aromatic nitrogens is 1. The zero-order chi connectivity index (χ0) is 33.9. The molecule has 0 bridgehead atoms. The predicted octanol–water partition coefficient (Wildman–Crippen LogP) is 13.4. The number of fused-ring (bicyclic) bond motifs is 12. The molecule has 1 atom stereocenters. The number of nitrogens with zero attached hydrogens (tertiary/aromatic N) is 2. The van der Waals surface area contributed by atoms with Gasteiger partial charge in [0, 0.05) is 53.3 Å². The van der Waals surface area contributed by atoms with E-state index < -0.39 is 0 Å². The fourth-order valence-corrected chi connectivity index (χ4v) is 10.1. The molecular formula is C48H30N2OS. The summed E-state index contributed by atoms with van der Waals surface area (Å²) >= 11 is 1.89. The summed E-state index contributed by atoms with van der Waals surface area (Å²) in [6.07, 6.45) is 5.67. The van der Waals surface area contributed by atoms with Crippen molar-refractivity contribution in [3.63, 3.8) is 0 Å². The second-order valence-corrected chi connectivity index (χ2v) is 15.1. The molecule has 0 amide bonds. The van der Waals surface area contributed by atoms with Crippen LogP contribution in [0.25, 0.3) is 87.3 Å². The smallest absolute Gasteiger partial charge is 0.135 e. The van der Waals surface area contributed by atoms with Gasteiger partial charge in [0.25, 0.3) is 0 Å². The van der Waals surface area contributed by atoms with Crippen molar-refractivity contribution in [1.29, 1.82) is 0 Å². The van der Waals surface area contributed by atoms with Gasteiger partial charge in [0.05, 0.1) is 22.6 Å². The minimum Gasteiger partial charge on any atom is -0.456 e. The number of rotatable bonds is 4. The molecule has 0 N–H and O–H groups in total. The van der Waals surface area contributed by atoms with Crippen molar-refractivity contribution in [3.8, 4) is 11.1 Å². The summed E-state index contributed by atoms with van der Waals surface area (Å²) in [6.45, 7) is 0. The second kappa shape index (κ2) is 10.6. The lowest BCUT2D eigenvalue weighted by Gasteiger charge is -2.34. The fourth-order valence-electron chi connectivity index (χ4n) is 8.94. The molecule has 0 radical (unpaired) electrons. The van der Waals surface area contributed by atoms with Gasteiger partial charge >= 0.3 is 0 Å². The van der Waals surface area contributed by atoms with Crippen LogP contribution in [-0.4, -0.2) is 10.4 Å². The topological polar surface area (TPSA) is 20.8 Å². The predicted molar refractivity (Wildman–Crippen MR) is 221 cm³/mol. The summed E-state index contributed by atoms with van der Waals surface area (Å²) < 4.78 is 10.0. The lowest BCUT2D eigenvalue weighted by Crippen LogP contribution is -2.32. The van der Waals surface area contributed by atoms with E-state index >= 15 is 0 Å². The van der Waals surface area contributed by atoms with Gasteiger partial charge in [0.1, 0.15) is 11.2 Å². The van der Waals surface area contributed by atoms with E-state index in [4.69, 9.17) is 4.42 Å². The van der Waals surface area contributed by atoms with Crippen LogP contribution in [0.2, 0.25) is 0 Å². The number of para-hydroxylation sites is 3. The highest BCUT2D eigenvalue weighted by molar-refractivity contribution is 7.20. The van der Waals surface area contributed by atoms with Crippen LogP contribution in [0, 0.1) is 0 Å². The van der Waals surface area contributed by atoms with Gasteiger partial charge in [0.2, 0.25) is 0 Å². The van der Waals surface area contributed by atoms with Crippen molar-refractivity contribution >= 4 is 98.9 Å². The quantitative estimate of drug-likeness (QED) is 0.184. The minimum absolute atomic E-state index is 0.145. The Hall–Kier alpha value is -6.36. The third kappa shape index (κ3) is 3.96. The monoisotopic (exact) mass is 682 g/mol. The van der Waals surface area contributed by atoms with E-state index in [2.05, 4.69) is 167 Å². The average Bonchev–Trinajstić information content (AvgIpc) is 3.95. The molecule has 0 saturated carbocycles. The van der Waals surface area contributed by atoms with E-state index in [9.17, 15) is 0 Å². The molecule has 3 nitrogen and oxygen atoms in total. The first-order valence-electron chi connectivity index (χ1n) is 17.9. The number of hydrogen-bond acceptors (Lipinski definition) is 3. The molecule has 0 fully saturated rings. The first-order valence-corrected chi connectivity index (χ1v) is 18.7. The average molecular weight is 683 g/mol. The number of thiophene rings is 1. The minimum atomic E-state index is 0.145. The maximum atomic E-state index is 6.25. The van der Waals surface area contributed by atoms with Crippen molar-refractivity contribution < 1.29 is 4.42 Å². The maximum Gasteiger partial charge on any atom is 0.135 e. The van der Waals surface area contributed by atoms with Crippen LogP contribution >= 0.6 is 11.3 Å². The Morgan fingerprint density at radius 1 is 0.538 bits per heavy atom. The largest absolute Gasteiger partial charge is 0.456 e. The van der Waals surface area contributed by atoms with Crippen molar-refractivity contribution in [2.75, 3.05) is 4.90 Å². The Morgan fingerprint density at radius 3 is 1.94 bits per heavy atom. The Morgan fingerprint density at radius 2 is 1.17 bits per heavy atom. The molecule has 7 aromatic carbocycles. The van der Waals surface area contributed by atoms with Crippen molar-refractivity contribution in [2.24, 2.45) is 0 Å². The molecule has 244 valence electrons. The molecule has 0 aliphatic heterocycles. The number of hydrogen-bond donors (Lipinski definition) is 0. The Labute approximate surface area is 303 Å². The molecule has 52 heavy (non-hydrogen) atoms. The lowest BCUT2D eigenvalue weighted by atomic mass is 9.94. The first-order chi connectivity index (χ1) is 25.8. The van der Waals surface area contributed by atoms with Gasteiger partial charge in [-0.2, -0.15) is 0 Å². The maximum absolute atomic E-state index is 6.25. The highest BCUT2D eigenvalue weighted by Gasteiger charge is 2.26. The summed E-state index contributed by atoms with van der Waals surface area (Å²) in [6, 6.07) is 55.6. The highest BCUT2D eigenvalue weighted by Crippen LogP contribution is 2.44. The van der Waals surface area contributed by atoms with E-state index in [-0.39, 0.29) is 6.04 Å². The number of benzene rings is 7. The zero-order valence-electron chi connectivity index (χ0n) is 28.1. The molecular weight excluding hydrogens is 653 g/mol. The Bertz CT molecular complexity index is 3150. The summed E-state index contributed by atoms with van der Waals surface area (Å²) in [5.41, 5.74) is 11.9. The molecule has 0 spiro atoms. The molecule has 1 aliphatic carbocycles. The van der Waals surface area contributed by atoms with E-state index in [1.807, 2.05) is 17.4 Å². The van der Waals surface area contributed by atoms with Crippen molar-refractivity contribution in [1.82, 2.24) is 4.40 Å². The van der Waals surface area contributed by atoms with Gasteiger partial charge in [-0.25, -0.2) is 0 Å². The highest BCUT2D eigenvalue weighted by atomic mass is 32.1. The zero-order valence-corrected chi connectivity index (χ0v) is 28.9. The molecule has 11 aromatic rings. The molecule has 12 rings (SSSR count). The van der Waals surface area contributed by atoms with E-state index in [0.717, 1.165) is 34.0 Å². The molecule has 4 aromatic heterocycles. The Kier molecular flexibility index (Phi) is 5.77. The lowest BCUT2D eigenvalue weighted by molar-refractivity contribution is 0.669. The van der Waals surface area contributed by atoms with Gasteiger partial charge in [-0.15, -0.1) is 11.3 Å². The van der Waals surface area contributed by atoms with Crippen LogP contribution in [0.4, 0.5) is 11.4 Å². The summed E-state index contributed by atoms with van der Waals surface area (Å²) in [5.74, 6) is 0. The summed E-state index contributed by atoms with van der Waals surface area (Å²) in [5, 5.41) is 8.85. The summed E-state index contributed by atoms with van der Waals surface area (Å²) in [7, 11) is 0. The number of anilines is 2. The summed E-state index contributed by atoms with van der Waals surface area (Å²) in [4.78, 5) is 3.89. The SMILES string of the molecule is C1=CC(N(c2ccc(-c3cc4c5ccccc5n5c6ccccc6c(c3)c45)cc2)c2ccc3oc4ccccc4c3c2)Cc2c1sc1ccccc21. The van der Waals surface area contributed by atoms with E-state index in [1.165, 1.54) is 75.4 Å². The van der Waals surface area contributed by atoms with Crippen LogP contribution in [-0.2, 0) is 6.42 Å². The van der Waals surface area contributed by atoms with Gasteiger partial charge in [0.15, 0.2) is 0 Å². The van der Waals surface area contributed by atoms with Gasteiger partial charge in [-0.1, -0.05) is 91.0 Å². The van der Waals surface area contributed by atoms with Crippen LogP contribution in [0.5, 0.6) is 0 Å². The molecule has 1 unspecified atom stereocenters. The number of furan rings is 1. The third-order valence-electron chi connectivity index (χ3n) is 11.3.